The number of hydrogen-bond donors (Lipinski definition) is 3. The summed E-state index contributed by atoms with van der Waals surface area (Å²) in [5.74, 6) is 0.600. The summed E-state index contributed by atoms with van der Waals surface area (Å²) in [6.07, 6.45) is 8.95. The average Bonchev–Trinajstić information content (AvgIpc) is 3.48. The predicted molar refractivity (Wildman–Crippen MR) is 132 cm³/mol. The van der Waals surface area contributed by atoms with E-state index < -0.39 is 0 Å². The molecule has 0 spiro atoms. The van der Waals surface area contributed by atoms with Gasteiger partial charge in [0.2, 0.25) is 0 Å². The maximum Gasteiger partial charge on any atom is 0.162 e. The lowest BCUT2D eigenvalue weighted by atomic mass is 10.1. The Labute approximate surface area is 194 Å². The van der Waals surface area contributed by atoms with Gasteiger partial charge in [0.05, 0.1) is 16.9 Å². The van der Waals surface area contributed by atoms with Gasteiger partial charge >= 0.3 is 0 Å². The summed E-state index contributed by atoms with van der Waals surface area (Å²) >= 11 is 0. The number of rotatable bonds is 5. The maximum absolute atomic E-state index is 4.90. The number of H-pyrrole nitrogens is 2. The molecule has 6 aromatic heterocycles. The van der Waals surface area contributed by atoms with Gasteiger partial charge in [-0.2, -0.15) is 5.10 Å². The molecule has 3 N–H and O–H groups in total. The smallest absolute Gasteiger partial charge is 0.162 e. The van der Waals surface area contributed by atoms with Crippen molar-refractivity contribution in [2.24, 2.45) is 0 Å². The van der Waals surface area contributed by atoms with Crippen LogP contribution in [0.1, 0.15) is 13.8 Å². The van der Waals surface area contributed by atoms with Crippen molar-refractivity contribution in [2.45, 2.75) is 19.9 Å². The second-order valence-electron chi connectivity index (χ2n) is 8.31. The highest BCUT2D eigenvalue weighted by Crippen LogP contribution is 2.31. The van der Waals surface area contributed by atoms with E-state index in [0.29, 0.717) is 23.2 Å². The Hall–Kier alpha value is -4.66. The Morgan fingerprint density at radius 1 is 0.882 bits per heavy atom. The molecule has 6 rings (SSSR count). The fourth-order valence-corrected chi connectivity index (χ4v) is 3.99. The Bertz CT molecular complexity index is 1620. The van der Waals surface area contributed by atoms with Crippen LogP contribution in [0.5, 0.6) is 0 Å². The van der Waals surface area contributed by atoms with Crippen molar-refractivity contribution in [3.05, 3.63) is 67.4 Å². The van der Waals surface area contributed by atoms with E-state index in [2.05, 4.69) is 49.3 Å². The Balaban J connectivity index is 1.45. The standard InChI is InChI=1S/C25H21N9/c1-14(2)29-17-10-16(12-27-13-17)19-5-6-20-22(30-19)23(34-33-20)25-31-21-18(7-9-28-24(21)32-25)15-4-3-8-26-11-15/h3-14,29H,1-2H3,(H,33,34)(H,28,31,32). The fraction of sp³-hybridized carbons (Fsp3) is 0.120. The molecule has 0 atom stereocenters. The molecule has 0 aromatic carbocycles. The molecular weight excluding hydrogens is 426 g/mol. The Kier molecular flexibility index (Phi) is 4.72. The highest BCUT2D eigenvalue weighted by Gasteiger charge is 2.17. The molecule has 166 valence electrons. The molecule has 34 heavy (non-hydrogen) atoms. The number of imidazole rings is 1. The average molecular weight is 448 g/mol. The van der Waals surface area contributed by atoms with Gasteiger partial charge in [0, 0.05) is 53.7 Å². The molecule has 0 aliphatic carbocycles. The molecule has 0 fully saturated rings. The van der Waals surface area contributed by atoms with Crippen LogP contribution in [0.2, 0.25) is 0 Å². The van der Waals surface area contributed by atoms with Crippen LogP contribution in [0.15, 0.2) is 67.4 Å². The first-order valence-corrected chi connectivity index (χ1v) is 11.0. The van der Waals surface area contributed by atoms with Crippen LogP contribution < -0.4 is 5.32 Å². The third-order valence-electron chi connectivity index (χ3n) is 5.48. The minimum absolute atomic E-state index is 0.311. The highest BCUT2D eigenvalue weighted by atomic mass is 15.2. The quantitative estimate of drug-likeness (QED) is 0.346. The van der Waals surface area contributed by atoms with Gasteiger partial charge in [-0.05, 0) is 44.2 Å². The zero-order chi connectivity index (χ0) is 23.1. The van der Waals surface area contributed by atoms with E-state index in [4.69, 9.17) is 9.97 Å². The van der Waals surface area contributed by atoms with Gasteiger partial charge in [0.1, 0.15) is 11.0 Å². The van der Waals surface area contributed by atoms with Crippen molar-refractivity contribution in [3.63, 3.8) is 0 Å². The molecule has 0 saturated carbocycles. The molecule has 6 aromatic rings. The first kappa shape index (κ1) is 20.0. The van der Waals surface area contributed by atoms with Gasteiger partial charge in [-0.25, -0.2) is 15.0 Å². The van der Waals surface area contributed by atoms with E-state index >= 15 is 0 Å². The van der Waals surface area contributed by atoms with Gasteiger partial charge in [-0.15, -0.1) is 0 Å². The number of nitrogens with one attached hydrogen (secondary N) is 3. The van der Waals surface area contributed by atoms with Gasteiger partial charge in [0.25, 0.3) is 0 Å². The molecule has 9 heteroatoms. The zero-order valence-electron chi connectivity index (χ0n) is 18.6. The summed E-state index contributed by atoms with van der Waals surface area (Å²) in [4.78, 5) is 26.1. The monoisotopic (exact) mass is 447 g/mol. The van der Waals surface area contributed by atoms with Crippen molar-refractivity contribution in [3.8, 4) is 33.9 Å². The van der Waals surface area contributed by atoms with E-state index in [-0.39, 0.29) is 0 Å². The van der Waals surface area contributed by atoms with E-state index in [0.717, 1.165) is 44.6 Å². The second kappa shape index (κ2) is 8.04. The molecule has 9 nitrogen and oxygen atoms in total. The minimum Gasteiger partial charge on any atom is -0.382 e. The van der Waals surface area contributed by atoms with Crippen LogP contribution >= 0.6 is 0 Å². The summed E-state index contributed by atoms with van der Waals surface area (Å²) in [7, 11) is 0. The Morgan fingerprint density at radius 3 is 2.65 bits per heavy atom. The topological polar surface area (TPSA) is 121 Å². The highest BCUT2D eigenvalue weighted by molar-refractivity contribution is 5.94. The van der Waals surface area contributed by atoms with E-state index in [1.807, 2.05) is 55.0 Å². The van der Waals surface area contributed by atoms with Gasteiger partial charge < -0.3 is 10.3 Å². The number of aromatic amines is 2. The summed E-state index contributed by atoms with van der Waals surface area (Å²) in [6.45, 7) is 4.19. The Morgan fingerprint density at radius 2 is 1.79 bits per heavy atom. The van der Waals surface area contributed by atoms with Crippen molar-refractivity contribution in [2.75, 3.05) is 5.32 Å². The minimum atomic E-state index is 0.311. The third kappa shape index (κ3) is 3.53. The van der Waals surface area contributed by atoms with Crippen LogP contribution in [-0.2, 0) is 0 Å². The van der Waals surface area contributed by atoms with Crippen molar-refractivity contribution >= 4 is 27.9 Å². The van der Waals surface area contributed by atoms with Crippen LogP contribution in [0.4, 0.5) is 5.69 Å². The first-order chi connectivity index (χ1) is 16.7. The van der Waals surface area contributed by atoms with Crippen LogP contribution in [0.25, 0.3) is 56.1 Å². The van der Waals surface area contributed by atoms with Crippen molar-refractivity contribution < 1.29 is 0 Å². The summed E-state index contributed by atoms with van der Waals surface area (Å²) in [5, 5.41) is 11.0. The number of hydrogen-bond acceptors (Lipinski definition) is 7. The summed E-state index contributed by atoms with van der Waals surface area (Å²) in [6, 6.07) is 12.1. The largest absolute Gasteiger partial charge is 0.382 e. The van der Waals surface area contributed by atoms with Crippen LogP contribution in [0, 0.1) is 0 Å². The van der Waals surface area contributed by atoms with Gasteiger partial charge in [-0.3, -0.25) is 15.1 Å². The summed E-state index contributed by atoms with van der Waals surface area (Å²) < 4.78 is 0. The number of aromatic nitrogens is 8. The molecule has 0 radical (unpaired) electrons. The predicted octanol–water partition coefficient (Wildman–Crippen LogP) is 4.84. The lowest BCUT2D eigenvalue weighted by molar-refractivity contribution is 0.898. The summed E-state index contributed by atoms with van der Waals surface area (Å²) in [5.41, 5.74) is 8.23. The number of pyridine rings is 4. The third-order valence-corrected chi connectivity index (χ3v) is 5.48. The SMILES string of the molecule is CC(C)Nc1cncc(-c2ccc3[nH]nc(-c4nc5c(-c6cccnc6)ccnc5[nH]4)c3n2)c1. The van der Waals surface area contributed by atoms with Gasteiger partial charge in [-0.1, -0.05) is 6.07 Å². The van der Waals surface area contributed by atoms with E-state index in [1.165, 1.54) is 0 Å². The first-order valence-electron chi connectivity index (χ1n) is 11.0. The lowest BCUT2D eigenvalue weighted by Crippen LogP contribution is -2.09. The zero-order valence-corrected chi connectivity index (χ0v) is 18.6. The molecule has 0 amide bonds. The lowest BCUT2D eigenvalue weighted by Gasteiger charge is -2.10. The molecule has 0 bridgehead atoms. The maximum atomic E-state index is 4.90. The molecular formula is C25H21N9. The molecule has 0 saturated heterocycles. The van der Waals surface area contributed by atoms with E-state index in [9.17, 15) is 0 Å². The second-order valence-corrected chi connectivity index (χ2v) is 8.31. The molecule has 0 aliphatic heterocycles. The van der Waals surface area contributed by atoms with Crippen molar-refractivity contribution in [1.82, 2.24) is 40.1 Å². The normalized spacial score (nSPS) is 11.5. The van der Waals surface area contributed by atoms with E-state index in [1.54, 1.807) is 12.4 Å². The molecule has 0 aliphatic rings. The number of fused-ring (bicyclic) bond motifs is 2. The van der Waals surface area contributed by atoms with Crippen molar-refractivity contribution in [1.29, 1.82) is 0 Å². The number of anilines is 1. The van der Waals surface area contributed by atoms with Crippen LogP contribution in [0.3, 0.4) is 0 Å². The fourth-order valence-electron chi connectivity index (χ4n) is 3.99. The van der Waals surface area contributed by atoms with Crippen LogP contribution in [-0.4, -0.2) is 46.1 Å². The molecule has 0 unspecified atom stereocenters. The number of nitrogens with zero attached hydrogens (tertiary/aromatic N) is 6. The van der Waals surface area contributed by atoms with Gasteiger partial charge in [0.15, 0.2) is 17.2 Å². The molecule has 6 heterocycles.